The molecule has 2 fully saturated rings. The van der Waals surface area contributed by atoms with E-state index >= 15 is 0 Å². The van der Waals surface area contributed by atoms with Crippen LogP contribution in [-0.2, 0) is 0 Å². The molecule has 2 unspecified atom stereocenters. The number of benzene rings is 1. The maximum Gasteiger partial charge on any atom is 0.0371 e. The summed E-state index contributed by atoms with van der Waals surface area (Å²) in [6, 6.07) is 10.3. The summed E-state index contributed by atoms with van der Waals surface area (Å²) in [5.41, 5.74) is 7.11. The van der Waals surface area contributed by atoms with Gasteiger partial charge in [0.15, 0.2) is 0 Å². The molecule has 0 spiro atoms. The molecule has 2 N–H and O–H groups in total. The smallest absolute Gasteiger partial charge is 0.0371 e. The summed E-state index contributed by atoms with van der Waals surface area (Å²) >= 11 is 3.51. The molecular weight excluding hydrogens is 288 g/mol. The number of hydrogen-bond acceptors (Lipinski definition) is 2. The number of halogens is 1. The SMILES string of the molecule is NCCC1CC2CCC(C1)N2c1ccc(Br)cc1. The minimum Gasteiger partial charge on any atom is -0.366 e. The van der Waals surface area contributed by atoms with Crippen LogP contribution in [0.4, 0.5) is 5.69 Å². The maximum atomic E-state index is 5.71. The normalized spacial score (nSPS) is 30.8. The van der Waals surface area contributed by atoms with E-state index in [1.165, 1.54) is 37.8 Å². The van der Waals surface area contributed by atoms with Crippen molar-refractivity contribution < 1.29 is 0 Å². The van der Waals surface area contributed by atoms with Gasteiger partial charge in [-0.1, -0.05) is 15.9 Å². The lowest BCUT2D eigenvalue weighted by atomic mass is 9.88. The van der Waals surface area contributed by atoms with E-state index in [-0.39, 0.29) is 0 Å². The van der Waals surface area contributed by atoms with E-state index in [2.05, 4.69) is 45.1 Å². The van der Waals surface area contributed by atoms with Gasteiger partial charge in [0.1, 0.15) is 0 Å². The van der Waals surface area contributed by atoms with Gasteiger partial charge in [-0.05, 0) is 68.8 Å². The molecule has 0 aromatic heterocycles. The van der Waals surface area contributed by atoms with Crippen LogP contribution >= 0.6 is 15.9 Å². The van der Waals surface area contributed by atoms with Gasteiger partial charge in [0, 0.05) is 22.2 Å². The molecule has 0 amide bonds. The van der Waals surface area contributed by atoms with Crippen molar-refractivity contribution in [3.63, 3.8) is 0 Å². The predicted octanol–water partition coefficient (Wildman–Crippen LogP) is 3.55. The van der Waals surface area contributed by atoms with Gasteiger partial charge in [0.25, 0.3) is 0 Å². The molecule has 0 aliphatic carbocycles. The van der Waals surface area contributed by atoms with Crippen LogP contribution in [0.2, 0.25) is 0 Å². The van der Waals surface area contributed by atoms with Crippen LogP contribution in [0.15, 0.2) is 28.7 Å². The zero-order valence-corrected chi connectivity index (χ0v) is 12.3. The van der Waals surface area contributed by atoms with E-state index in [4.69, 9.17) is 5.73 Å². The zero-order valence-electron chi connectivity index (χ0n) is 10.7. The summed E-state index contributed by atoms with van der Waals surface area (Å²) in [5, 5.41) is 0. The minimum absolute atomic E-state index is 0.751. The number of fused-ring (bicyclic) bond motifs is 2. The molecule has 2 saturated heterocycles. The topological polar surface area (TPSA) is 29.3 Å². The Morgan fingerprint density at radius 1 is 1.11 bits per heavy atom. The Labute approximate surface area is 118 Å². The molecule has 0 saturated carbocycles. The second-order valence-corrected chi connectivity index (χ2v) is 6.60. The van der Waals surface area contributed by atoms with Crippen molar-refractivity contribution in [2.45, 2.75) is 44.2 Å². The number of piperidine rings is 1. The van der Waals surface area contributed by atoms with Crippen molar-refractivity contribution in [1.82, 2.24) is 0 Å². The lowest BCUT2D eigenvalue weighted by Gasteiger charge is -2.40. The fourth-order valence-electron chi connectivity index (χ4n) is 3.80. The fourth-order valence-corrected chi connectivity index (χ4v) is 4.06. The summed E-state index contributed by atoms with van der Waals surface area (Å²) < 4.78 is 1.16. The lowest BCUT2D eigenvalue weighted by Crippen LogP contribution is -2.43. The fraction of sp³-hybridized carbons (Fsp3) is 0.600. The summed E-state index contributed by atoms with van der Waals surface area (Å²) in [5.74, 6) is 0.860. The van der Waals surface area contributed by atoms with Gasteiger partial charge in [-0.2, -0.15) is 0 Å². The molecule has 3 heteroatoms. The van der Waals surface area contributed by atoms with Crippen molar-refractivity contribution in [3.05, 3.63) is 28.7 Å². The monoisotopic (exact) mass is 308 g/mol. The molecule has 98 valence electrons. The first-order chi connectivity index (χ1) is 8.78. The van der Waals surface area contributed by atoms with Crippen LogP contribution in [0.1, 0.15) is 32.1 Å². The predicted molar refractivity (Wildman–Crippen MR) is 79.8 cm³/mol. The molecular formula is C15H21BrN2. The average molecular weight is 309 g/mol. The Hall–Kier alpha value is -0.540. The van der Waals surface area contributed by atoms with E-state index in [9.17, 15) is 0 Å². The highest BCUT2D eigenvalue weighted by Crippen LogP contribution is 2.42. The van der Waals surface area contributed by atoms with Crippen LogP contribution in [0.3, 0.4) is 0 Å². The number of rotatable bonds is 3. The number of nitrogens with zero attached hydrogens (tertiary/aromatic N) is 1. The Balaban J connectivity index is 1.77. The third-order valence-corrected chi connectivity index (χ3v) is 5.06. The van der Waals surface area contributed by atoms with E-state index in [1.807, 2.05) is 0 Å². The first-order valence-corrected chi connectivity index (χ1v) is 7.81. The Morgan fingerprint density at radius 3 is 2.28 bits per heavy atom. The molecule has 2 bridgehead atoms. The largest absolute Gasteiger partial charge is 0.366 e. The molecule has 2 aliphatic rings. The maximum absolute atomic E-state index is 5.71. The molecule has 2 atom stereocenters. The molecule has 2 nitrogen and oxygen atoms in total. The van der Waals surface area contributed by atoms with Crippen LogP contribution in [0.25, 0.3) is 0 Å². The summed E-state index contributed by atoms with van der Waals surface area (Å²) in [6.45, 7) is 0.850. The summed E-state index contributed by atoms with van der Waals surface area (Å²) in [7, 11) is 0. The van der Waals surface area contributed by atoms with Crippen LogP contribution in [-0.4, -0.2) is 18.6 Å². The van der Waals surface area contributed by atoms with Crippen molar-refractivity contribution >= 4 is 21.6 Å². The van der Waals surface area contributed by atoms with Crippen LogP contribution < -0.4 is 10.6 Å². The van der Waals surface area contributed by atoms with Crippen molar-refractivity contribution in [1.29, 1.82) is 0 Å². The molecule has 1 aromatic rings. The Morgan fingerprint density at radius 2 is 1.72 bits per heavy atom. The molecule has 2 heterocycles. The standard InChI is InChI=1S/C15H21BrN2/c16-12-1-3-13(4-2-12)18-14-5-6-15(18)10-11(9-14)7-8-17/h1-4,11,14-15H,5-10,17H2. The van der Waals surface area contributed by atoms with Gasteiger partial charge >= 0.3 is 0 Å². The second-order valence-electron chi connectivity index (χ2n) is 5.68. The van der Waals surface area contributed by atoms with Crippen LogP contribution in [0, 0.1) is 5.92 Å². The van der Waals surface area contributed by atoms with Gasteiger partial charge in [0.05, 0.1) is 0 Å². The highest BCUT2D eigenvalue weighted by atomic mass is 79.9. The minimum atomic E-state index is 0.751. The van der Waals surface area contributed by atoms with Gasteiger partial charge in [0.2, 0.25) is 0 Å². The molecule has 1 aromatic carbocycles. The third kappa shape index (κ3) is 2.30. The van der Waals surface area contributed by atoms with Crippen molar-refractivity contribution in [2.75, 3.05) is 11.4 Å². The molecule has 18 heavy (non-hydrogen) atoms. The van der Waals surface area contributed by atoms with Gasteiger partial charge in [-0.3, -0.25) is 0 Å². The second kappa shape index (κ2) is 5.22. The average Bonchev–Trinajstić information content (AvgIpc) is 2.63. The Bertz CT molecular complexity index is 389. The highest BCUT2D eigenvalue weighted by Gasteiger charge is 2.40. The van der Waals surface area contributed by atoms with E-state index in [0.29, 0.717) is 0 Å². The van der Waals surface area contributed by atoms with E-state index in [0.717, 1.165) is 29.0 Å². The first kappa shape index (κ1) is 12.5. The number of nitrogens with two attached hydrogens (primary N) is 1. The molecule has 2 aliphatic heterocycles. The summed E-state index contributed by atoms with van der Waals surface area (Å²) in [6.07, 6.45) is 6.61. The number of anilines is 1. The zero-order chi connectivity index (χ0) is 12.5. The van der Waals surface area contributed by atoms with E-state index in [1.54, 1.807) is 0 Å². The van der Waals surface area contributed by atoms with Gasteiger partial charge in [-0.15, -0.1) is 0 Å². The third-order valence-electron chi connectivity index (χ3n) is 4.53. The summed E-state index contributed by atoms with van der Waals surface area (Å²) in [4.78, 5) is 2.67. The molecule has 0 radical (unpaired) electrons. The number of hydrogen-bond donors (Lipinski definition) is 1. The van der Waals surface area contributed by atoms with E-state index < -0.39 is 0 Å². The highest BCUT2D eigenvalue weighted by molar-refractivity contribution is 9.10. The van der Waals surface area contributed by atoms with Crippen LogP contribution in [0.5, 0.6) is 0 Å². The van der Waals surface area contributed by atoms with Crippen molar-refractivity contribution in [2.24, 2.45) is 11.7 Å². The lowest BCUT2D eigenvalue weighted by molar-refractivity contribution is 0.326. The first-order valence-electron chi connectivity index (χ1n) is 7.02. The quantitative estimate of drug-likeness (QED) is 0.925. The molecule has 3 rings (SSSR count). The van der Waals surface area contributed by atoms with Crippen molar-refractivity contribution in [3.8, 4) is 0 Å². The van der Waals surface area contributed by atoms with Gasteiger partial charge in [-0.25, -0.2) is 0 Å². The Kier molecular flexibility index (Phi) is 3.62. The van der Waals surface area contributed by atoms with Gasteiger partial charge < -0.3 is 10.6 Å².